The van der Waals surface area contributed by atoms with E-state index in [1.165, 1.54) is 18.4 Å². The summed E-state index contributed by atoms with van der Waals surface area (Å²) in [6.45, 7) is 2.18. The monoisotopic (exact) mass is 288 g/mol. The van der Waals surface area contributed by atoms with Crippen molar-refractivity contribution in [3.05, 3.63) is 35.4 Å². The van der Waals surface area contributed by atoms with E-state index in [0.29, 0.717) is 23.5 Å². The lowest BCUT2D eigenvalue weighted by Gasteiger charge is -2.48. The normalized spacial score (nSPS) is 42.8. The molecule has 3 aliphatic rings. The molecular formula is C18H21ClO. The molecule has 0 heterocycles. The topological polar surface area (TPSA) is 17.1 Å². The fourth-order valence-corrected chi connectivity index (χ4v) is 5.71. The first-order chi connectivity index (χ1) is 9.61. The molecule has 1 nitrogen and oxygen atoms in total. The number of carbonyl (C=O) groups excluding carboxylic acids is 1. The van der Waals surface area contributed by atoms with Crippen molar-refractivity contribution in [1.82, 2.24) is 0 Å². The van der Waals surface area contributed by atoms with Crippen molar-refractivity contribution in [3.8, 4) is 0 Å². The summed E-state index contributed by atoms with van der Waals surface area (Å²) in [5.41, 5.74) is 2.94. The maximum atomic E-state index is 12.4. The number of hydrogen-bond acceptors (Lipinski definition) is 1. The second-order valence-corrected chi connectivity index (χ2v) is 7.66. The lowest BCUT2D eigenvalue weighted by atomic mass is 9.55. The van der Waals surface area contributed by atoms with Crippen molar-refractivity contribution in [2.24, 2.45) is 17.3 Å². The van der Waals surface area contributed by atoms with E-state index in [4.69, 9.17) is 11.6 Å². The Morgan fingerprint density at radius 2 is 2.05 bits per heavy atom. The molecule has 2 saturated carbocycles. The van der Waals surface area contributed by atoms with Crippen LogP contribution in [0.5, 0.6) is 0 Å². The molecule has 0 unspecified atom stereocenters. The van der Waals surface area contributed by atoms with Gasteiger partial charge in [-0.15, -0.1) is 11.6 Å². The first kappa shape index (κ1) is 12.9. The van der Waals surface area contributed by atoms with Crippen molar-refractivity contribution in [2.45, 2.75) is 50.3 Å². The molecule has 2 heteroatoms. The lowest BCUT2D eigenvalue weighted by molar-refractivity contribution is -0.129. The molecule has 4 rings (SSSR count). The first-order valence-electron chi connectivity index (χ1n) is 7.87. The van der Waals surface area contributed by atoms with Gasteiger partial charge < -0.3 is 0 Å². The predicted molar refractivity (Wildman–Crippen MR) is 81.1 cm³/mol. The van der Waals surface area contributed by atoms with Crippen molar-refractivity contribution in [2.75, 3.05) is 0 Å². The summed E-state index contributed by atoms with van der Waals surface area (Å²) >= 11 is 6.31. The van der Waals surface area contributed by atoms with E-state index in [0.717, 1.165) is 19.3 Å². The van der Waals surface area contributed by atoms with Crippen LogP contribution in [0.15, 0.2) is 24.3 Å². The number of alkyl halides is 1. The third-order valence-electron chi connectivity index (χ3n) is 6.34. The Hall–Kier alpha value is -0.820. The number of benzene rings is 1. The van der Waals surface area contributed by atoms with Crippen LogP contribution in [0.3, 0.4) is 0 Å². The summed E-state index contributed by atoms with van der Waals surface area (Å²) in [7, 11) is 0. The van der Waals surface area contributed by atoms with Gasteiger partial charge >= 0.3 is 0 Å². The molecule has 1 aromatic rings. The molecule has 0 spiro atoms. The van der Waals surface area contributed by atoms with Gasteiger partial charge in [-0.25, -0.2) is 0 Å². The summed E-state index contributed by atoms with van der Waals surface area (Å²) < 4.78 is 0. The minimum Gasteiger partial charge on any atom is -0.297 e. The lowest BCUT2D eigenvalue weighted by Crippen LogP contribution is -2.42. The highest BCUT2D eigenvalue weighted by Crippen LogP contribution is 2.60. The molecule has 1 aromatic carbocycles. The van der Waals surface area contributed by atoms with Gasteiger partial charge in [0.25, 0.3) is 0 Å². The van der Waals surface area contributed by atoms with Gasteiger partial charge in [0.1, 0.15) is 0 Å². The Labute approximate surface area is 125 Å². The highest BCUT2D eigenvalue weighted by Gasteiger charge is 2.57. The van der Waals surface area contributed by atoms with Crippen molar-refractivity contribution in [3.63, 3.8) is 0 Å². The molecule has 20 heavy (non-hydrogen) atoms. The number of rotatable bonds is 0. The van der Waals surface area contributed by atoms with Gasteiger partial charge in [-0.05, 0) is 61.0 Å². The fourth-order valence-electron chi connectivity index (χ4n) is 5.27. The standard InChI is InChI=1S/C18H21ClO/c1-18-9-8-13-12-5-3-2-4-11(12)6-7-14(13)15(18)10-16(19)17(18)20/h2-5,13-16H,6-10H2,1H3/t13-,14-,15+,16-,18+/m1/s1. The average molecular weight is 289 g/mol. The van der Waals surface area contributed by atoms with Crippen LogP contribution in [-0.2, 0) is 11.2 Å². The summed E-state index contributed by atoms with van der Waals surface area (Å²) in [4.78, 5) is 12.4. The molecule has 0 amide bonds. The number of carbonyl (C=O) groups is 1. The zero-order chi connectivity index (χ0) is 13.9. The van der Waals surface area contributed by atoms with Crippen LogP contribution in [-0.4, -0.2) is 11.2 Å². The van der Waals surface area contributed by atoms with Gasteiger partial charge in [-0.3, -0.25) is 4.79 Å². The Kier molecular flexibility index (Phi) is 2.79. The molecule has 106 valence electrons. The summed E-state index contributed by atoms with van der Waals surface area (Å²) in [6.07, 6.45) is 5.49. The molecule has 0 N–H and O–H groups in total. The number of halogens is 1. The van der Waals surface area contributed by atoms with Gasteiger partial charge in [0.2, 0.25) is 0 Å². The Balaban J connectivity index is 1.74. The average Bonchev–Trinajstić information content (AvgIpc) is 2.71. The predicted octanol–water partition coefficient (Wildman–Crippen LogP) is 4.33. The first-order valence-corrected chi connectivity index (χ1v) is 8.31. The zero-order valence-corrected chi connectivity index (χ0v) is 12.7. The van der Waals surface area contributed by atoms with Crippen molar-refractivity contribution >= 4 is 17.4 Å². The second kappa shape index (κ2) is 4.34. The van der Waals surface area contributed by atoms with Crippen molar-refractivity contribution in [1.29, 1.82) is 0 Å². The minimum atomic E-state index is -0.235. The van der Waals surface area contributed by atoms with Crippen LogP contribution in [0, 0.1) is 17.3 Å². The molecule has 5 atom stereocenters. The van der Waals surface area contributed by atoms with Gasteiger partial charge in [0.15, 0.2) is 5.78 Å². The molecule has 0 saturated heterocycles. The summed E-state index contributed by atoms with van der Waals surface area (Å²) in [6, 6.07) is 8.91. The van der Waals surface area contributed by atoms with E-state index in [1.54, 1.807) is 5.56 Å². The van der Waals surface area contributed by atoms with Crippen LogP contribution in [0.25, 0.3) is 0 Å². The van der Waals surface area contributed by atoms with Crippen molar-refractivity contribution < 1.29 is 4.79 Å². The van der Waals surface area contributed by atoms with Crippen LogP contribution in [0.1, 0.15) is 49.7 Å². The highest BCUT2D eigenvalue weighted by atomic mass is 35.5. The third-order valence-corrected chi connectivity index (χ3v) is 6.71. The fraction of sp³-hybridized carbons (Fsp3) is 0.611. The smallest absolute Gasteiger partial charge is 0.156 e. The number of ketones is 1. The van der Waals surface area contributed by atoms with Gasteiger partial charge in [0, 0.05) is 5.41 Å². The van der Waals surface area contributed by atoms with Crippen LogP contribution < -0.4 is 0 Å². The minimum absolute atomic E-state index is 0.139. The largest absolute Gasteiger partial charge is 0.297 e. The highest BCUT2D eigenvalue weighted by molar-refractivity contribution is 6.32. The summed E-state index contributed by atoms with van der Waals surface area (Å²) in [5.74, 6) is 2.15. The van der Waals surface area contributed by atoms with E-state index < -0.39 is 0 Å². The SMILES string of the molecule is C[C@]12CC[C@@H]3c4ccccc4CC[C@H]3[C@@H]1C[C@@H](Cl)C2=O. The second-order valence-electron chi connectivity index (χ2n) is 7.14. The Bertz CT molecular complexity index is 566. The molecule has 0 radical (unpaired) electrons. The molecule has 0 aliphatic heterocycles. The maximum Gasteiger partial charge on any atom is 0.156 e. The van der Waals surface area contributed by atoms with E-state index >= 15 is 0 Å². The molecule has 0 bridgehead atoms. The van der Waals surface area contributed by atoms with Crippen LogP contribution >= 0.6 is 11.6 Å². The van der Waals surface area contributed by atoms with E-state index in [-0.39, 0.29) is 10.8 Å². The van der Waals surface area contributed by atoms with Crippen LogP contribution in [0.4, 0.5) is 0 Å². The number of hydrogen-bond donors (Lipinski definition) is 0. The van der Waals surface area contributed by atoms with E-state index in [2.05, 4.69) is 31.2 Å². The van der Waals surface area contributed by atoms with E-state index in [1.807, 2.05) is 0 Å². The number of Topliss-reactive ketones (excluding diaryl/α,β-unsaturated/α-hetero) is 1. The molecule has 0 aromatic heterocycles. The maximum absolute atomic E-state index is 12.4. The molecular weight excluding hydrogens is 268 g/mol. The van der Waals surface area contributed by atoms with Gasteiger partial charge in [0.05, 0.1) is 5.38 Å². The Morgan fingerprint density at radius 3 is 2.90 bits per heavy atom. The number of aryl methyl sites for hydroxylation is 1. The van der Waals surface area contributed by atoms with E-state index in [9.17, 15) is 4.79 Å². The molecule has 3 aliphatic carbocycles. The third kappa shape index (κ3) is 1.59. The molecule has 2 fully saturated rings. The Morgan fingerprint density at radius 1 is 1.25 bits per heavy atom. The quantitative estimate of drug-likeness (QED) is 0.650. The van der Waals surface area contributed by atoms with Gasteiger partial charge in [-0.2, -0.15) is 0 Å². The zero-order valence-electron chi connectivity index (χ0n) is 11.9. The summed E-state index contributed by atoms with van der Waals surface area (Å²) in [5, 5.41) is -0.235. The van der Waals surface area contributed by atoms with Gasteiger partial charge in [-0.1, -0.05) is 31.2 Å². The van der Waals surface area contributed by atoms with Crippen LogP contribution in [0.2, 0.25) is 0 Å². The number of fused-ring (bicyclic) bond motifs is 5.